The van der Waals surface area contributed by atoms with Gasteiger partial charge in [-0.2, -0.15) is 0 Å². The lowest BCUT2D eigenvalue weighted by Gasteiger charge is -2.44. The zero-order chi connectivity index (χ0) is 10.3. The van der Waals surface area contributed by atoms with Crippen LogP contribution in [0.4, 0.5) is 0 Å². The molecular formula is C12H17NO. The molecule has 1 N–H and O–H groups in total. The highest BCUT2D eigenvalue weighted by Gasteiger charge is 2.38. The lowest BCUT2D eigenvalue weighted by atomic mass is 9.83. The van der Waals surface area contributed by atoms with Gasteiger partial charge in [-0.3, -0.25) is 4.90 Å². The maximum Gasteiger partial charge on any atom is 0.0971 e. The van der Waals surface area contributed by atoms with Crippen molar-refractivity contribution < 1.29 is 5.11 Å². The van der Waals surface area contributed by atoms with E-state index in [1.54, 1.807) is 0 Å². The van der Waals surface area contributed by atoms with Gasteiger partial charge in [0.1, 0.15) is 0 Å². The molecule has 0 amide bonds. The van der Waals surface area contributed by atoms with Crippen molar-refractivity contribution in [2.75, 3.05) is 7.05 Å². The summed E-state index contributed by atoms with van der Waals surface area (Å²) in [7, 11) is 2.05. The molecule has 1 aliphatic rings. The third-order valence-corrected chi connectivity index (χ3v) is 3.41. The fraction of sp³-hybridized carbons (Fsp3) is 0.500. The summed E-state index contributed by atoms with van der Waals surface area (Å²) in [5.41, 5.74) is 2.14. The zero-order valence-corrected chi connectivity index (χ0v) is 8.99. The van der Waals surface area contributed by atoms with Crippen molar-refractivity contribution in [1.82, 2.24) is 4.90 Å². The predicted molar refractivity (Wildman–Crippen MR) is 56.9 cm³/mol. The molecule has 1 atom stereocenters. The van der Waals surface area contributed by atoms with E-state index in [0.29, 0.717) is 0 Å². The van der Waals surface area contributed by atoms with Crippen LogP contribution in [0.3, 0.4) is 0 Å². The molecule has 0 spiro atoms. The SMILES string of the molecule is CN1Cc2ccccc2C(O)C1(C)C. The van der Waals surface area contributed by atoms with E-state index < -0.39 is 6.10 Å². The zero-order valence-electron chi connectivity index (χ0n) is 8.99. The summed E-state index contributed by atoms with van der Waals surface area (Å²) >= 11 is 0. The molecule has 0 aromatic heterocycles. The largest absolute Gasteiger partial charge is 0.386 e. The molecule has 2 heteroatoms. The van der Waals surface area contributed by atoms with Crippen LogP contribution in [-0.4, -0.2) is 22.6 Å². The van der Waals surface area contributed by atoms with Gasteiger partial charge in [0.2, 0.25) is 0 Å². The topological polar surface area (TPSA) is 23.5 Å². The van der Waals surface area contributed by atoms with Gasteiger partial charge in [-0.25, -0.2) is 0 Å². The Balaban J connectivity index is 2.49. The normalized spacial score (nSPS) is 25.9. The van der Waals surface area contributed by atoms with Gasteiger partial charge >= 0.3 is 0 Å². The summed E-state index contributed by atoms with van der Waals surface area (Å²) in [5.74, 6) is 0. The molecule has 14 heavy (non-hydrogen) atoms. The Kier molecular flexibility index (Phi) is 2.13. The highest BCUT2D eigenvalue weighted by atomic mass is 16.3. The van der Waals surface area contributed by atoms with Crippen LogP contribution in [-0.2, 0) is 6.54 Å². The molecule has 0 fully saturated rings. The minimum atomic E-state index is -0.391. The number of aliphatic hydroxyl groups is 1. The summed E-state index contributed by atoms with van der Waals surface area (Å²) in [6.07, 6.45) is -0.391. The van der Waals surface area contributed by atoms with Crippen LogP contribution >= 0.6 is 0 Å². The molecule has 0 radical (unpaired) electrons. The Hall–Kier alpha value is -0.860. The summed E-state index contributed by atoms with van der Waals surface area (Å²) in [6.45, 7) is 5.07. The fourth-order valence-corrected chi connectivity index (χ4v) is 1.99. The standard InChI is InChI=1S/C12H17NO/c1-12(2)11(14)10-7-5-4-6-9(10)8-13(12)3/h4-7,11,14H,8H2,1-3H3. The summed E-state index contributed by atoms with van der Waals surface area (Å²) < 4.78 is 0. The van der Waals surface area contributed by atoms with E-state index in [9.17, 15) is 5.11 Å². The maximum atomic E-state index is 10.2. The minimum absolute atomic E-state index is 0.172. The van der Waals surface area contributed by atoms with E-state index >= 15 is 0 Å². The maximum absolute atomic E-state index is 10.2. The Morgan fingerprint density at radius 1 is 1.36 bits per heavy atom. The van der Waals surface area contributed by atoms with Crippen LogP contribution in [0.2, 0.25) is 0 Å². The first-order valence-corrected chi connectivity index (χ1v) is 5.00. The number of fused-ring (bicyclic) bond motifs is 1. The lowest BCUT2D eigenvalue weighted by Crippen LogP contribution is -2.49. The van der Waals surface area contributed by atoms with Crippen molar-refractivity contribution >= 4 is 0 Å². The first kappa shape index (κ1) is 9.69. The molecule has 1 heterocycles. The average molecular weight is 191 g/mol. The summed E-state index contributed by atoms with van der Waals surface area (Å²) in [6, 6.07) is 8.13. The lowest BCUT2D eigenvalue weighted by molar-refractivity contribution is -0.0156. The monoisotopic (exact) mass is 191 g/mol. The Labute approximate surface area is 85.2 Å². The number of hydrogen-bond donors (Lipinski definition) is 1. The van der Waals surface area contributed by atoms with Gasteiger partial charge in [-0.1, -0.05) is 24.3 Å². The van der Waals surface area contributed by atoms with E-state index in [0.717, 1.165) is 12.1 Å². The van der Waals surface area contributed by atoms with Gasteiger partial charge < -0.3 is 5.11 Å². The van der Waals surface area contributed by atoms with Crippen molar-refractivity contribution in [2.24, 2.45) is 0 Å². The number of rotatable bonds is 0. The molecule has 0 saturated carbocycles. The number of benzene rings is 1. The van der Waals surface area contributed by atoms with E-state index in [-0.39, 0.29) is 5.54 Å². The third-order valence-electron chi connectivity index (χ3n) is 3.41. The molecule has 2 rings (SSSR count). The smallest absolute Gasteiger partial charge is 0.0971 e. The van der Waals surface area contributed by atoms with Gasteiger partial charge in [-0.05, 0) is 32.0 Å². The van der Waals surface area contributed by atoms with Gasteiger partial charge in [-0.15, -0.1) is 0 Å². The van der Waals surface area contributed by atoms with Gasteiger partial charge in [0.25, 0.3) is 0 Å². The van der Waals surface area contributed by atoms with Crippen molar-refractivity contribution in [3.8, 4) is 0 Å². The fourth-order valence-electron chi connectivity index (χ4n) is 1.99. The van der Waals surface area contributed by atoms with Crippen LogP contribution in [0.15, 0.2) is 24.3 Å². The Morgan fingerprint density at radius 2 is 2.00 bits per heavy atom. The molecule has 0 aliphatic carbocycles. The number of nitrogens with zero attached hydrogens (tertiary/aromatic N) is 1. The number of hydrogen-bond acceptors (Lipinski definition) is 2. The van der Waals surface area contributed by atoms with Gasteiger partial charge in [0, 0.05) is 12.1 Å². The molecule has 1 aromatic rings. The van der Waals surface area contributed by atoms with Crippen LogP contribution in [0.1, 0.15) is 31.1 Å². The summed E-state index contributed by atoms with van der Waals surface area (Å²) in [4.78, 5) is 2.19. The molecule has 1 unspecified atom stereocenters. The van der Waals surface area contributed by atoms with Gasteiger partial charge in [0.05, 0.1) is 6.10 Å². The first-order valence-electron chi connectivity index (χ1n) is 5.00. The second kappa shape index (κ2) is 3.07. The van der Waals surface area contributed by atoms with Crippen molar-refractivity contribution in [3.05, 3.63) is 35.4 Å². The third kappa shape index (κ3) is 1.26. The van der Waals surface area contributed by atoms with E-state index in [4.69, 9.17) is 0 Å². The molecular weight excluding hydrogens is 174 g/mol. The highest BCUT2D eigenvalue weighted by molar-refractivity contribution is 5.33. The number of aliphatic hydroxyl groups excluding tert-OH is 1. The average Bonchev–Trinajstić information content (AvgIpc) is 2.15. The molecule has 0 saturated heterocycles. The molecule has 76 valence electrons. The molecule has 0 bridgehead atoms. The molecule has 1 aliphatic heterocycles. The van der Waals surface area contributed by atoms with Crippen molar-refractivity contribution in [2.45, 2.75) is 32.0 Å². The second-order valence-corrected chi connectivity index (χ2v) is 4.61. The second-order valence-electron chi connectivity index (χ2n) is 4.61. The van der Waals surface area contributed by atoms with Crippen LogP contribution in [0, 0.1) is 0 Å². The van der Waals surface area contributed by atoms with Crippen molar-refractivity contribution in [3.63, 3.8) is 0 Å². The number of likely N-dealkylation sites (N-methyl/N-ethyl adjacent to an activating group) is 1. The van der Waals surface area contributed by atoms with Crippen LogP contribution in [0.25, 0.3) is 0 Å². The first-order chi connectivity index (χ1) is 6.53. The Morgan fingerprint density at radius 3 is 2.71 bits per heavy atom. The minimum Gasteiger partial charge on any atom is -0.386 e. The van der Waals surface area contributed by atoms with E-state index in [1.807, 2.05) is 18.2 Å². The van der Waals surface area contributed by atoms with Gasteiger partial charge in [0.15, 0.2) is 0 Å². The molecule has 2 nitrogen and oxygen atoms in total. The molecule has 1 aromatic carbocycles. The quantitative estimate of drug-likeness (QED) is 0.677. The van der Waals surface area contributed by atoms with Crippen molar-refractivity contribution in [1.29, 1.82) is 0 Å². The van der Waals surface area contributed by atoms with Crippen LogP contribution in [0.5, 0.6) is 0 Å². The predicted octanol–water partition coefficient (Wildman–Crippen LogP) is 1.94. The summed E-state index contributed by atoms with van der Waals surface area (Å²) in [5, 5.41) is 10.2. The van der Waals surface area contributed by atoms with E-state index in [1.165, 1.54) is 5.56 Å². The Bertz CT molecular complexity index is 346. The van der Waals surface area contributed by atoms with Crippen LogP contribution < -0.4 is 0 Å². The highest BCUT2D eigenvalue weighted by Crippen LogP contribution is 2.37. The van der Waals surface area contributed by atoms with E-state index in [2.05, 4.69) is 31.9 Å².